The molecule has 12 heteroatoms. The summed E-state index contributed by atoms with van der Waals surface area (Å²) in [6.45, 7) is 29.6. The van der Waals surface area contributed by atoms with Gasteiger partial charge in [-0.1, -0.05) is 0 Å². The number of hydrogen-bond acceptors (Lipinski definition) is 12. The third-order valence-electron chi connectivity index (χ3n) is 12.5. The van der Waals surface area contributed by atoms with Crippen LogP contribution in [0.15, 0.2) is 11.1 Å². The van der Waals surface area contributed by atoms with Gasteiger partial charge in [0, 0.05) is 16.5 Å². The normalized spacial score (nSPS) is 17.3. The van der Waals surface area contributed by atoms with Gasteiger partial charge in [-0.2, -0.15) is 0 Å². The van der Waals surface area contributed by atoms with Crippen LogP contribution in [0.3, 0.4) is 0 Å². The van der Waals surface area contributed by atoms with E-state index >= 15 is 0 Å². The highest BCUT2D eigenvalue weighted by molar-refractivity contribution is 6.23. The van der Waals surface area contributed by atoms with Crippen molar-refractivity contribution < 1.29 is 57.3 Å². The fourth-order valence-corrected chi connectivity index (χ4v) is 6.82. The summed E-state index contributed by atoms with van der Waals surface area (Å²) in [5.74, 6) is -3.96. The van der Waals surface area contributed by atoms with Crippen molar-refractivity contribution in [2.45, 2.75) is 111 Å². The molecule has 4 aliphatic heterocycles. The predicted octanol–water partition coefficient (Wildman–Crippen LogP) is 7.76. The van der Waals surface area contributed by atoms with Crippen LogP contribution in [0, 0.1) is 80.1 Å². The molecule has 0 aromatic heterocycles. The molecule has 0 unspecified atom stereocenters. The molecule has 0 radical (unpaired) electrons. The smallest absolute Gasteiger partial charge is 0.347 e. The molecular formula is C44H48O12. The van der Waals surface area contributed by atoms with Crippen molar-refractivity contribution >= 4 is 58.5 Å². The standard InChI is InChI=1S/C18H18O3.C12H12O3.C8H12O3.C6H6O3/c1-7-9(3)13-10(4)8(2)12(6)15-16(13)14(11(7)5)17(19)21-18(15)20;1-5-6(2)8(4)10-9(7(5)3)11(13)15-12(10)14;1-7(2)5(9)11-6(10)8(7,3)4;1-3-4(2)6(8)9-5(3)7/h1-6H3;1-4H3;1-4H3;1-2H3. The lowest BCUT2D eigenvalue weighted by molar-refractivity contribution is -0.156. The summed E-state index contributed by atoms with van der Waals surface area (Å²) in [4.78, 5) is 90.5. The summed E-state index contributed by atoms with van der Waals surface area (Å²) < 4.78 is 18.3. The maximum atomic E-state index is 12.2. The van der Waals surface area contributed by atoms with Crippen molar-refractivity contribution in [1.29, 1.82) is 0 Å². The number of aryl methyl sites for hydroxylation is 2. The summed E-state index contributed by atoms with van der Waals surface area (Å²) in [6.07, 6.45) is 0. The van der Waals surface area contributed by atoms with E-state index in [-0.39, 0.29) is 0 Å². The number of benzene rings is 3. The first-order valence-electron chi connectivity index (χ1n) is 18.0. The van der Waals surface area contributed by atoms with Gasteiger partial charge in [0.25, 0.3) is 0 Å². The Balaban J connectivity index is 0.000000175. The van der Waals surface area contributed by atoms with E-state index in [4.69, 9.17) is 4.74 Å². The van der Waals surface area contributed by atoms with Gasteiger partial charge in [-0.15, -0.1) is 0 Å². The topological polar surface area (TPSA) is 173 Å². The van der Waals surface area contributed by atoms with Gasteiger partial charge < -0.3 is 18.9 Å². The van der Waals surface area contributed by atoms with Crippen molar-refractivity contribution in [1.82, 2.24) is 0 Å². The van der Waals surface area contributed by atoms with Gasteiger partial charge in [-0.3, -0.25) is 9.59 Å². The van der Waals surface area contributed by atoms with E-state index in [0.717, 1.165) is 66.4 Å². The molecule has 1 fully saturated rings. The molecule has 12 nitrogen and oxygen atoms in total. The van der Waals surface area contributed by atoms with E-state index in [0.29, 0.717) is 33.4 Å². The molecule has 0 aliphatic carbocycles. The minimum Gasteiger partial charge on any atom is -0.392 e. The summed E-state index contributed by atoms with van der Waals surface area (Å²) in [5.41, 5.74) is 11.5. The predicted molar refractivity (Wildman–Crippen MR) is 205 cm³/mol. The number of rotatable bonds is 0. The zero-order valence-electron chi connectivity index (χ0n) is 34.9. The van der Waals surface area contributed by atoms with Gasteiger partial charge >= 0.3 is 47.8 Å². The van der Waals surface area contributed by atoms with Gasteiger partial charge in [-0.05, 0) is 172 Å². The van der Waals surface area contributed by atoms with Crippen LogP contribution in [-0.4, -0.2) is 47.8 Å². The Morgan fingerprint density at radius 1 is 0.286 bits per heavy atom. The monoisotopic (exact) mass is 768 g/mol. The molecule has 4 aliphatic rings. The SMILES string of the molecule is CC1(C)C(=O)OC(=O)C1(C)C.CC1=C(C)C(=O)OC1=O.Cc1c(C)c(C)c2c(c1C)C(=O)OC2=O.Cc1c(C)c2c3c(c(C)c(C)c(C)c3c1C)C(=O)OC2=O. The number of ether oxygens (including phenoxy) is 4. The fourth-order valence-electron chi connectivity index (χ4n) is 6.82. The van der Waals surface area contributed by atoms with Crippen LogP contribution in [0.1, 0.15) is 139 Å². The first kappa shape index (κ1) is 43.0. The van der Waals surface area contributed by atoms with E-state index < -0.39 is 58.6 Å². The highest BCUT2D eigenvalue weighted by Gasteiger charge is 2.57. The number of hydrogen-bond donors (Lipinski definition) is 0. The summed E-state index contributed by atoms with van der Waals surface area (Å²) in [5, 5.41) is 1.80. The van der Waals surface area contributed by atoms with Crippen LogP contribution >= 0.6 is 0 Å². The van der Waals surface area contributed by atoms with Gasteiger partial charge in [0.15, 0.2) is 0 Å². The number of carbonyl (C=O) groups excluding carboxylic acids is 8. The minimum atomic E-state index is -0.690. The molecule has 1 saturated heterocycles. The molecule has 296 valence electrons. The largest absolute Gasteiger partial charge is 0.392 e. The van der Waals surface area contributed by atoms with Crippen LogP contribution in [0.5, 0.6) is 0 Å². The fraction of sp³-hybridized carbons (Fsp3) is 0.409. The molecule has 4 heterocycles. The Morgan fingerprint density at radius 2 is 0.536 bits per heavy atom. The second kappa shape index (κ2) is 14.7. The molecule has 0 bridgehead atoms. The molecule has 0 amide bonds. The lowest BCUT2D eigenvalue weighted by Gasteiger charge is -2.26. The average Bonchev–Trinajstić information content (AvgIpc) is 3.59. The highest BCUT2D eigenvalue weighted by Crippen LogP contribution is 2.45. The Bertz CT molecular complexity index is 2260. The van der Waals surface area contributed by atoms with Crippen molar-refractivity contribution in [3.05, 3.63) is 89.0 Å². The van der Waals surface area contributed by atoms with Gasteiger partial charge in [0.05, 0.1) is 33.1 Å². The number of cyclic esters (lactones) is 8. The van der Waals surface area contributed by atoms with Crippen LogP contribution in [-0.2, 0) is 38.1 Å². The first-order valence-corrected chi connectivity index (χ1v) is 18.0. The van der Waals surface area contributed by atoms with E-state index in [1.54, 1.807) is 41.5 Å². The molecule has 3 aromatic rings. The Morgan fingerprint density at radius 3 is 0.786 bits per heavy atom. The minimum absolute atomic E-state index is 0.417. The van der Waals surface area contributed by atoms with Crippen LogP contribution in [0.2, 0.25) is 0 Å². The van der Waals surface area contributed by atoms with E-state index in [1.807, 2.05) is 55.4 Å². The summed E-state index contributed by atoms with van der Waals surface area (Å²) in [6, 6.07) is 0. The maximum absolute atomic E-state index is 12.2. The number of fused-ring (bicyclic) bond motifs is 1. The molecular weight excluding hydrogens is 720 g/mol. The molecule has 3 aromatic carbocycles. The first-order chi connectivity index (χ1) is 25.6. The maximum Gasteiger partial charge on any atom is 0.347 e. The van der Waals surface area contributed by atoms with E-state index in [1.165, 1.54) is 0 Å². The quantitative estimate of drug-likeness (QED) is 0.124. The second-order valence-electron chi connectivity index (χ2n) is 15.7. The van der Waals surface area contributed by atoms with E-state index in [9.17, 15) is 38.4 Å². The Hall–Kier alpha value is -5.78. The lowest BCUT2D eigenvalue weighted by atomic mass is 9.70. The van der Waals surface area contributed by atoms with Crippen molar-refractivity contribution in [2.75, 3.05) is 0 Å². The van der Waals surface area contributed by atoms with Crippen molar-refractivity contribution in [3.63, 3.8) is 0 Å². The van der Waals surface area contributed by atoms with Crippen molar-refractivity contribution in [3.8, 4) is 0 Å². The van der Waals surface area contributed by atoms with E-state index in [2.05, 4.69) is 28.1 Å². The Kier molecular flexibility index (Phi) is 11.3. The van der Waals surface area contributed by atoms with Gasteiger partial charge in [0.2, 0.25) is 0 Å². The molecule has 0 saturated carbocycles. The molecule has 7 rings (SSSR count). The third-order valence-corrected chi connectivity index (χ3v) is 12.5. The molecule has 0 spiro atoms. The molecule has 0 atom stereocenters. The Labute approximate surface area is 325 Å². The zero-order valence-corrected chi connectivity index (χ0v) is 34.9. The molecule has 56 heavy (non-hydrogen) atoms. The second-order valence-corrected chi connectivity index (χ2v) is 15.7. The highest BCUT2D eigenvalue weighted by atomic mass is 16.6. The van der Waals surface area contributed by atoms with Gasteiger partial charge in [-0.25, -0.2) is 28.8 Å². The van der Waals surface area contributed by atoms with Gasteiger partial charge in [0.1, 0.15) is 0 Å². The average molecular weight is 769 g/mol. The van der Waals surface area contributed by atoms with Crippen molar-refractivity contribution in [2.24, 2.45) is 10.8 Å². The zero-order chi connectivity index (χ0) is 42.8. The summed E-state index contributed by atoms with van der Waals surface area (Å²) in [7, 11) is 0. The number of carbonyl (C=O) groups is 8. The summed E-state index contributed by atoms with van der Waals surface area (Å²) >= 11 is 0. The van der Waals surface area contributed by atoms with Crippen LogP contribution < -0.4 is 0 Å². The van der Waals surface area contributed by atoms with Crippen LogP contribution in [0.25, 0.3) is 10.8 Å². The molecule has 0 N–H and O–H groups in total. The lowest BCUT2D eigenvalue weighted by Crippen LogP contribution is -2.35. The van der Waals surface area contributed by atoms with Crippen LogP contribution in [0.4, 0.5) is 0 Å². The number of esters is 8. The third kappa shape index (κ3) is 6.64.